The van der Waals surface area contributed by atoms with Gasteiger partial charge in [-0.15, -0.1) is 6.58 Å². The van der Waals surface area contributed by atoms with E-state index in [-0.39, 0.29) is 16.7 Å². The molecule has 2 rings (SSSR count). The van der Waals surface area contributed by atoms with Gasteiger partial charge in [-0.05, 0) is 30.4 Å². The molecule has 1 aliphatic rings. The number of sulfonamides is 1. The second-order valence-electron chi connectivity index (χ2n) is 5.92. The van der Waals surface area contributed by atoms with Crippen LogP contribution in [0.5, 0.6) is 0 Å². The van der Waals surface area contributed by atoms with E-state index in [1.807, 2.05) is 13.8 Å². The molecule has 0 radical (unpaired) electrons. The van der Waals surface area contributed by atoms with Crippen molar-refractivity contribution >= 4 is 21.6 Å². The predicted molar refractivity (Wildman–Crippen MR) is 86.9 cm³/mol. The highest BCUT2D eigenvalue weighted by Gasteiger charge is 2.60. The number of nitrogens with one attached hydrogen (secondary N) is 2. The molecule has 0 aliphatic heterocycles. The number of hydrogen-bond donors (Lipinski definition) is 2. The van der Waals surface area contributed by atoms with Gasteiger partial charge in [0.05, 0.1) is 11.1 Å². The average Bonchev–Trinajstić information content (AvgIpc) is 3.23. The van der Waals surface area contributed by atoms with Gasteiger partial charge in [0.2, 0.25) is 5.91 Å². The van der Waals surface area contributed by atoms with E-state index in [2.05, 4.69) is 16.6 Å². The minimum absolute atomic E-state index is 0.0299. The molecular formula is C16H22N2O3S. The number of anilines is 1. The number of carbonyl (C=O) groups is 1. The maximum atomic E-state index is 12.6. The van der Waals surface area contributed by atoms with Crippen LogP contribution in [0.1, 0.15) is 20.3 Å². The summed E-state index contributed by atoms with van der Waals surface area (Å²) in [5.41, 5.74) is -0.207. The highest BCUT2D eigenvalue weighted by Crippen LogP contribution is 2.58. The van der Waals surface area contributed by atoms with Crippen LogP contribution in [0.2, 0.25) is 0 Å². The Morgan fingerprint density at radius 2 is 2.05 bits per heavy atom. The smallest absolute Gasteiger partial charge is 0.266 e. The SMILES string of the molecule is C=C[C@@H]1C[C@@]1(C(=O)NS(=O)(=O)c1ccccc1NC)C(C)C. The molecule has 0 saturated heterocycles. The summed E-state index contributed by atoms with van der Waals surface area (Å²) < 4.78 is 27.3. The van der Waals surface area contributed by atoms with Crippen LogP contribution >= 0.6 is 0 Å². The number of amides is 1. The second kappa shape index (κ2) is 5.76. The first kappa shape index (κ1) is 16.5. The van der Waals surface area contributed by atoms with E-state index < -0.39 is 21.3 Å². The van der Waals surface area contributed by atoms with E-state index >= 15 is 0 Å². The highest BCUT2D eigenvalue weighted by molar-refractivity contribution is 7.90. The number of allylic oxidation sites excluding steroid dienone is 1. The maximum absolute atomic E-state index is 12.6. The normalized spacial score (nSPS) is 23.9. The van der Waals surface area contributed by atoms with Crippen LogP contribution in [-0.2, 0) is 14.8 Å². The van der Waals surface area contributed by atoms with Gasteiger partial charge in [0.1, 0.15) is 4.90 Å². The molecule has 0 spiro atoms. The third-order valence-corrected chi connectivity index (χ3v) is 5.86. The Bertz CT molecular complexity index is 697. The molecule has 6 heteroatoms. The number of benzene rings is 1. The molecule has 1 aromatic rings. The molecule has 120 valence electrons. The second-order valence-corrected chi connectivity index (χ2v) is 7.57. The first-order chi connectivity index (χ1) is 10.3. The lowest BCUT2D eigenvalue weighted by Crippen LogP contribution is -2.40. The predicted octanol–water partition coefficient (Wildman–Crippen LogP) is 2.38. The molecule has 22 heavy (non-hydrogen) atoms. The molecule has 1 aliphatic carbocycles. The summed E-state index contributed by atoms with van der Waals surface area (Å²) in [7, 11) is -2.27. The topological polar surface area (TPSA) is 75.3 Å². The van der Waals surface area contributed by atoms with E-state index in [1.165, 1.54) is 6.07 Å². The highest BCUT2D eigenvalue weighted by atomic mass is 32.2. The van der Waals surface area contributed by atoms with Crippen molar-refractivity contribution in [3.05, 3.63) is 36.9 Å². The van der Waals surface area contributed by atoms with Crippen molar-refractivity contribution in [2.45, 2.75) is 25.2 Å². The van der Waals surface area contributed by atoms with Gasteiger partial charge in [0.25, 0.3) is 10.0 Å². The lowest BCUT2D eigenvalue weighted by atomic mass is 9.89. The summed E-state index contributed by atoms with van der Waals surface area (Å²) in [6.07, 6.45) is 2.37. The molecule has 0 aromatic heterocycles. The van der Waals surface area contributed by atoms with Crippen molar-refractivity contribution in [1.82, 2.24) is 4.72 Å². The lowest BCUT2D eigenvalue weighted by Gasteiger charge is -2.21. The first-order valence-corrected chi connectivity index (χ1v) is 8.74. The van der Waals surface area contributed by atoms with Gasteiger partial charge in [-0.3, -0.25) is 4.79 Å². The van der Waals surface area contributed by atoms with Crippen molar-refractivity contribution in [3.8, 4) is 0 Å². The number of para-hydroxylation sites is 1. The molecule has 5 nitrogen and oxygen atoms in total. The molecule has 2 atom stereocenters. The van der Waals surface area contributed by atoms with Crippen molar-refractivity contribution in [2.75, 3.05) is 12.4 Å². The van der Waals surface area contributed by atoms with Gasteiger partial charge in [0, 0.05) is 7.05 Å². The number of rotatable bonds is 6. The summed E-state index contributed by atoms with van der Waals surface area (Å²) >= 11 is 0. The zero-order chi connectivity index (χ0) is 16.5. The summed E-state index contributed by atoms with van der Waals surface area (Å²) in [5, 5.41) is 2.83. The van der Waals surface area contributed by atoms with Crippen LogP contribution in [0, 0.1) is 17.3 Å². The fraction of sp³-hybridized carbons (Fsp3) is 0.438. The summed E-state index contributed by atoms with van der Waals surface area (Å²) in [5.74, 6) is -0.370. The van der Waals surface area contributed by atoms with Crippen molar-refractivity contribution in [1.29, 1.82) is 0 Å². The van der Waals surface area contributed by atoms with Gasteiger partial charge >= 0.3 is 0 Å². The largest absolute Gasteiger partial charge is 0.387 e. The van der Waals surface area contributed by atoms with E-state index in [0.29, 0.717) is 12.1 Å². The molecule has 0 bridgehead atoms. The zero-order valence-corrected chi connectivity index (χ0v) is 13.9. The van der Waals surface area contributed by atoms with Gasteiger partial charge in [-0.25, -0.2) is 13.1 Å². The summed E-state index contributed by atoms with van der Waals surface area (Å²) in [6, 6.07) is 6.49. The van der Waals surface area contributed by atoms with Crippen molar-refractivity contribution in [3.63, 3.8) is 0 Å². The molecule has 1 saturated carbocycles. The van der Waals surface area contributed by atoms with Crippen molar-refractivity contribution in [2.24, 2.45) is 17.3 Å². The Hall–Kier alpha value is -1.82. The molecule has 1 fully saturated rings. The third kappa shape index (κ3) is 2.63. The van der Waals surface area contributed by atoms with Crippen LogP contribution < -0.4 is 10.0 Å². The number of carbonyl (C=O) groups excluding carboxylic acids is 1. The Labute approximate surface area is 131 Å². The van der Waals surface area contributed by atoms with Crippen LogP contribution in [0.25, 0.3) is 0 Å². The molecule has 1 amide bonds. The summed E-state index contributed by atoms with van der Waals surface area (Å²) in [4.78, 5) is 12.6. The van der Waals surface area contributed by atoms with E-state index in [0.717, 1.165) is 0 Å². The minimum Gasteiger partial charge on any atom is -0.387 e. The van der Waals surface area contributed by atoms with Crippen LogP contribution in [0.15, 0.2) is 41.8 Å². The van der Waals surface area contributed by atoms with Crippen LogP contribution in [0.4, 0.5) is 5.69 Å². The Morgan fingerprint density at radius 3 is 2.55 bits per heavy atom. The van der Waals surface area contributed by atoms with Gasteiger partial charge in [-0.2, -0.15) is 0 Å². The molecule has 2 N–H and O–H groups in total. The quantitative estimate of drug-likeness (QED) is 0.789. The average molecular weight is 322 g/mol. The van der Waals surface area contributed by atoms with Crippen LogP contribution in [0.3, 0.4) is 0 Å². The Balaban J connectivity index is 2.30. The van der Waals surface area contributed by atoms with Gasteiger partial charge in [0.15, 0.2) is 0 Å². The molecular weight excluding hydrogens is 300 g/mol. The standard InChI is InChI=1S/C16H22N2O3S/c1-5-12-10-16(12,11(2)3)15(19)18-22(20,21)14-9-7-6-8-13(14)17-4/h5-9,11-12,17H,1,10H2,2-4H3,(H,18,19)/t12-,16-/m1/s1. The summed E-state index contributed by atoms with van der Waals surface area (Å²) in [6.45, 7) is 7.58. The van der Waals surface area contributed by atoms with E-state index in [9.17, 15) is 13.2 Å². The molecule has 1 aromatic carbocycles. The van der Waals surface area contributed by atoms with Crippen molar-refractivity contribution < 1.29 is 13.2 Å². The van der Waals surface area contributed by atoms with Crippen LogP contribution in [-0.4, -0.2) is 21.4 Å². The molecule has 0 unspecified atom stereocenters. The fourth-order valence-electron chi connectivity index (χ4n) is 2.97. The van der Waals surface area contributed by atoms with Gasteiger partial charge < -0.3 is 5.32 Å². The Kier molecular flexibility index (Phi) is 4.33. The Morgan fingerprint density at radius 1 is 1.41 bits per heavy atom. The van der Waals surface area contributed by atoms with Gasteiger partial charge in [-0.1, -0.05) is 32.1 Å². The number of hydrogen-bond acceptors (Lipinski definition) is 4. The lowest BCUT2D eigenvalue weighted by molar-refractivity contribution is -0.126. The van der Waals surface area contributed by atoms with E-state index in [4.69, 9.17) is 0 Å². The minimum atomic E-state index is -3.91. The monoisotopic (exact) mass is 322 g/mol. The fourth-order valence-corrected chi connectivity index (χ4v) is 4.23. The van der Waals surface area contributed by atoms with E-state index in [1.54, 1.807) is 31.3 Å². The molecule has 0 heterocycles. The zero-order valence-electron chi connectivity index (χ0n) is 13.1. The first-order valence-electron chi connectivity index (χ1n) is 7.26. The maximum Gasteiger partial charge on any atom is 0.266 e. The third-order valence-electron chi connectivity index (χ3n) is 4.47.